The van der Waals surface area contributed by atoms with Gasteiger partial charge in [-0.1, -0.05) is 29.8 Å². The maximum atomic E-state index is 12.7. The van der Waals surface area contributed by atoms with E-state index in [9.17, 15) is 13.2 Å². The summed E-state index contributed by atoms with van der Waals surface area (Å²) in [6.07, 6.45) is 0. The number of hydrogen-bond acceptors (Lipinski definition) is 3. The Bertz CT molecular complexity index is 840. The van der Waals surface area contributed by atoms with Crippen molar-refractivity contribution in [2.24, 2.45) is 0 Å². The second-order valence-electron chi connectivity index (χ2n) is 6.25. The van der Waals surface area contributed by atoms with Gasteiger partial charge < -0.3 is 4.90 Å². The van der Waals surface area contributed by atoms with Gasteiger partial charge in [0.2, 0.25) is 10.0 Å². The van der Waals surface area contributed by atoms with Gasteiger partial charge in [-0.25, -0.2) is 8.42 Å². The topological polar surface area (TPSA) is 57.7 Å². The van der Waals surface area contributed by atoms with Crippen molar-refractivity contribution >= 4 is 15.9 Å². The van der Waals surface area contributed by atoms with Crippen molar-refractivity contribution in [3.8, 4) is 0 Å². The quantitative estimate of drug-likeness (QED) is 0.747. The lowest BCUT2D eigenvalue weighted by atomic mass is 10.1. The summed E-state index contributed by atoms with van der Waals surface area (Å²) in [6, 6.07) is 13.9. The summed E-state index contributed by atoms with van der Waals surface area (Å²) in [5, 5.41) is 0. The van der Waals surface area contributed by atoms with E-state index < -0.39 is 10.0 Å². The first-order valence-electron chi connectivity index (χ1n) is 8.70. The number of aryl methyl sites for hydroxylation is 1. The molecule has 2 aromatic rings. The largest absolute Gasteiger partial charge is 0.339 e. The van der Waals surface area contributed by atoms with E-state index in [-0.39, 0.29) is 17.3 Å². The predicted molar refractivity (Wildman–Crippen MR) is 104 cm³/mol. The van der Waals surface area contributed by atoms with E-state index in [1.807, 2.05) is 20.8 Å². The van der Waals surface area contributed by atoms with E-state index in [0.29, 0.717) is 18.7 Å². The lowest BCUT2D eigenvalue weighted by molar-refractivity contribution is 0.0773. The fraction of sp³-hybridized carbons (Fsp3) is 0.350. The van der Waals surface area contributed by atoms with Gasteiger partial charge in [-0.3, -0.25) is 4.79 Å². The van der Waals surface area contributed by atoms with Crippen LogP contribution in [0.15, 0.2) is 53.4 Å². The van der Waals surface area contributed by atoms with Crippen molar-refractivity contribution < 1.29 is 13.2 Å². The van der Waals surface area contributed by atoms with Gasteiger partial charge in [0, 0.05) is 32.2 Å². The van der Waals surface area contributed by atoms with E-state index in [1.165, 1.54) is 4.31 Å². The third kappa shape index (κ3) is 4.51. The lowest BCUT2D eigenvalue weighted by Gasteiger charge is -2.19. The molecule has 0 atom stereocenters. The number of rotatable bonds is 7. The number of nitrogens with zero attached hydrogens (tertiary/aromatic N) is 2. The van der Waals surface area contributed by atoms with Crippen LogP contribution in [0.4, 0.5) is 0 Å². The number of benzene rings is 2. The van der Waals surface area contributed by atoms with E-state index in [4.69, 9.17) is 0 Å². The summed E-state index contributed by atoms with van der Waals surface area (Å²) < 4.78 is 26.6. The smallest absolute Gasteiger partial charge is 0.253 e. The Kier molecular flexibility index (Phi) is 6.56. The van der Waals surface area contributed by atoms with Crippen LogP contribution in [-0.2, 0) is 16.6 Å². The average molecular weight is 375 g/mol. The molecule has 0 saturated carbocycles. The summed E-state index contributed by atoms with van der Waals surface area (Å²) in [5.74, 6) is -0.0119. The molecule has 26 heavy (non-hydrogen) atoms. The molecule has 0 radical (unpaired) electrons. The molecule has 0 N–H and O–H groups in total. The first-order valence-corrected chi connectivity index (χ1v) is 10.1. The van der Waals surface area contributed by atoms with Crippen LogP contribution >= 0.6 is 0 Å². The molecule has 0 aliphatic heterocycles. The predicted octanol–water partition coefficient (Wildman–Crippen LogP) is 3.30. The fourth-order valence-electron chi connectivity index (χ4n) is 2.68. The SMILES string of the molecule is CCN(CC)C(=O)c1ccc(CN(C)S(=O)(=O)c2ccc(C)cc2)cc1. The molecule has 1 amide bonds. The first-order chi connectivity index (χ1) is 12.3. The maximum absolute atomic E-state index is 12.7. The third-order valence-corrected chi connectivity index (χ3v) is 6.20. The molecule has 0 aromatic heterocycles. The zero-order valence-electron chi connectivity index (χ0n) is 15.8. The van der Waals surface area contributed by atoms with Crippen LogP contribution in [0.1, 0.15) is 35.3 Å². The van der Waals surface area contributed by atoms with Gasteiger partial charge in [0.25, 0.3) is 5.91 Å². The van der Waals surface area contributed by atoms with Crippen LogP contribution in [0.2, 0.25) is 0 Å². The minimum atomic E-state index is -3.54. The third-order valence-electron chi connectivity index (χ3n) is 4.39. The molecule has 0 spiro atoms. The summed E-state index contributed by atoms with van der Waals surface area (Å²) in [7, 11) is -1.98. The van der Waals surface area contributed by atoms with E-state index in [1.54, 1.807) is 60.5 Å². The Morgan fingerprint density at radius 1 is 0.923 bits per heavy atom. The second-order valence-corrected chi connectivity index (χ2v) is 8.29. The van der Waals surface area contributed by atoms with Gasteiger partial charge in [-0.2, -0.15) is 4.31 Å². The highest BCUT2D eigenvalue weighted by Crippen LogP contribution is 2.18. The Morgan fingerprint density at radius 3 is 1.96 bits per heavy atom. The van der Waals surface area contributed by atoms with Gasteiger partial charge in [0.05, 0.1) is 4.90 Å². The molecule has 6 heteroatoms. The molecule has 0 unspecified atom stereocenters. The molecule has 0 saturated heterocycles. The van der Waals surface area contributed by atoms with E-state index in [2.05, 4.69) is 0 Å². The molecular formula is C20H26N2O3S. The molecule has 5 nitrogen and oxygen atoms in total. The van der Waals surface area contributed by atoms with Crippen molar-refractivity contribution in [3.05, 3.63) is 65.2 Å². The number of hydrogen-bond donors (Lipinski definition) is 0. The second kappa shape index (κ2) is 8.47. The van der Waals surface area contributed by atoms with Crippen LogP contribution in [0.3, 0.4) is 0 Å². The molecule has 0 bridgehead atoms. The Balaban J connectivity index is 2.13. The van der Waals surface area contributed by atoms with Crippen molar-refractivity contribution in [2.75, 3.05) is 20.1 Å². The molecule has 0 aliphatic carbocycles. The highest BCUT2D eigenvalue weighted by atomic mass is 32.2. The molecular weight excluding hydrogens is 348 g/mol. The zero-order chi connectivity index (χ0) is 19.3. The van der Waals surface area contributed by atoms with Gasteiger partial charge in [0.1, 0.15) is 0 Å². The first kappa shape index (κ1) is 20.1. The van der Waals surface area contributed by atoms with Gasteiger partial charge >= 0.3 is 0 Å². The molecule has 2 aromatic carbocycles. The number of carbonyl (C=O) groups excluding carboxylic acids is 1. The van der Waals surface area contributed by atoms with Crippen molar-refractivity contribution in [1.82, 2.24) is 9.21 Å². The van der Waals surface area contributed by atoms with Gasteiger partial charge in [-0.05, 0) is 50.6 Å². The lowest BCUT2D eigenvalue weighted by Crippen LogP contribution is -2.30. The minimum Gasteiger partial charge on any atom is -0.339 e. The van der Waals surface area contributed by atoms with Crippen molar-refractivity contribution in [1.29, 1.82) is 0 Å². The van der Waals surface area contributed by atoms with Crippen LogP contribution in [0.5, 0.6) is 0 Å². The summed E-state index contributed by atoms with van der Waals surface area (Å²) in [5.41, 5.74) is 2.46. The van der Waals surface area contributed by atoms with Crippen LogP contribution in [0.25, 0.3) is 0 Å². The fourth-order valence-corrected chi connectivity index (χ4v) is 3.84. The molecule has 140 valence electrons. The maximum Gasteiger partial charge on any atom is 0.253 e. The highest BCUT2D eigenvalue weighted by molar-refractivity contribution is 7.89. The summed E-state index contributed by atoms with van der Waals surface area (Å²) >= 11 is 0. The zero-order valence-corrected chi connectivity index (χ0v) is 16.6. The normalized spacial score (nSPS) is 11.6. The monoisotopic (exact) mass is 374 g/mol. The molecule has 2 rings (SSSR count). The van der Waals surface area contributed by atoms with Crippen LogP contribution < -0.4 is 0 Å². The average Bonchev–Trinajstić information content (AvgIpc) is 2.63. The number of sulfonamides is 1. The van der Waals surface area contributed by atoms with Crippen molar-refractivity contribution in [2.45, 2.75) is 32.2 Å². The minimum absolute atomic E-state index is 0.0119. The Labute approximate surface area is 156 Å². The Hall–Kier alpha value is -2.18. The highest BCUT2D eigenvalue weighted by Gasteiger charge is 2.21. The molecule has 0 heterocycles. The van der Waals surface area contributed by atoms with Crippen LogP contribution in [-0.4, -0.2) is 43.7 Å². The van der Waals surface area contributed by atoms with Crippen LogP contribution in [0, 0.1) is 6.92 Å². The Morgan fingerprint density at radius 2 is 1.46 bits per heavy atom. The summed E-state index contributed by atoms with van der Waals surface area (Å²) in [6.45, 7) is 7.38. The van der Waals surface area contributed by atoms with E-state index in [0.717, 1.165) is 11.1 Å². The standard InChI is InChI=1S/C20H26N2O3S/c1-5-22(6-2)20(23)18-11-9-17(10-12-18)15-21(4)26(24,25)19-13-7-16(3)8-14-19/h7-14H,5-6,15H2,1-4H3. The summed E-state index contributed by atoms with van der Waals surface area (Å²) in [4.78, 5) is 14.4. The van der Waals surface area contributed by atoms with Gasteiger partial charge in [0.15, 0.2) is 0 Å². The van der Waals surface area contributed by atoms with Gasteiger partial charge in [-0.15, -0.1) is 0 Å². The molecule has 0 fully saturated rings. The van der Waals surface area contributed by atoms with Crippen molar-refractivity contribution in [3.63, 3.8) is 0 Å². The number of carbonyl (C=O) groups is 1. The molecule has 0 aliphatic rings. The van der Waals surface area contributed by atoms with E-state index >= 15 is 0 Å². The number of amides is 1.